The van der Waals surface area contributed by atoms with Crippen LogP contribution in [0.3, 0.4) is 0 Å². The standard InChI is InChI=1S/C29H31N7.3ClH.Nd/c1-3-14-35(15-4-1)20-10-12-22-26(18-20)33-28(31-22)24-8-7-9-25(30-24)29-32-23-13-11-21(19-27(23)34-29)36-16-5-2-6-17-36;;;;/h7-13,18-19,22-23H,1-6,14-17H2;3*1H;/q;;;;+3/p-3. The van der Waals surface area contributed by atoms with Crippen molar-refractivity contribution < 1.29 is 78.1 Å². The molecule has 4 aliphatic heterocycles. The zero-order valence-corrected chi connectivity index (χ0v) is 27.7. The number of piperidine rings is 2. The van der Waals surface area contributed by atoms with Crippen LogP contribution in [-0.2, 0) is 0 Å². The Kier molecular flexibility index (Phi) is 12.1. The van der Waals surface area contributed by atoms with Gasteiger partial charge in [-0.25, -0.2) is 15.0 Å². The van der Waals surface area contributed by atoms with Crippen LogP contribution in [0.1, 0.15) is 49.9 Å². The van der Waals surface area contributed by atoms with Crippen molar-refractivity contribution in [1.82, 2.24) is 14.8 Å². The fourth-order valence-electron chi connectivity index (χ4n) is 5.76. The van der Waals surface area contributed by atoms with E-state index in [1.807, 2.05) is 18.2 Å². The fourth-order valence-corrected chi connectivity index (χ4v) is 5.76. The molecule has 1 radical (unpaired) electrons. The number of hydrogen-bond donors (Lipinski definition) is 0. The molecule has 2 saturated heterocycles. The number of halogens is 3. The number of allylic oxidation sites excluding steroid dienone is 2. The molecule has 2 unspecified atom stereocenters. The number of likely N-dealkylation sites (tertiary alicyclic amines) is 2. The number of amidine groups is 2. The van der Waals surface area contributed by atoms with Crippen LogP contribution >= 0.6 is 0 Å². The molecule has 6 aliphatic rings. The van der Waals surface area contributed by atoms with Crippen LogP contribution in [0.2, 0.25) is 0 Å². The van der Waals surface area contributed by atoms with Crippen molar-refractivity contribution in [3.05, 3.63) is 77.4 Å². The maximum Gasteiger partial charge on any atom is 3.00 e. The molecular weight excluding hydrogens is 697 g/mol. The van der Waals surface area contributed by atoms with Crippen LogP contribution < -0.4 is 37.2 Å². The van der Waals surface area contributed by atoms with E-state index < -0.39 is 0 Å². The molecule has 1 aromatic rings. The summed E-state index contributed by atoms with van der Waals surface area (Å²) in [5, 5.41) is 0. The Morgan fingerprint density at radius 1 is 0.600 bits per heavy atom. The number of rotatable bonds is 4. The van der Waals surface area contributed by atoms with Crippen molar-refractivity contribution in [1.29, 1.82) is 0 Å². The summed E-state index contributed by atoms with van der Waals surface area (Å²) in [5.74, 6) is 1.38. The van der Waals surface area contributed by atoms with Gasteiger partial charge in [0.1, 0.15) is 23.5 Å². The van der Waals surface area contributed by atoms with E-state index in [9.17, 15) is 0 Å². The third-order valence-electron chi connectivity index (χ3n) is 7.74. The number of pyridine rings is 1. The Bertz CT molecular complexity index is 1240. The first-order chi connectivity index (χ1) is 17.8. The predicted octanol–water partition coefficient (Wildman–Crippen LogP) is -4.89. The second-order valence-corrected chi connectivity index (χ2v) is 10.2. The van der Waals surface area contributed by atoms with Crippen LogP contribution in [0.4, 0.5) is 0 Å². The summed E-state index contributed by atoms with van der Waals surface area (Å²) in [5.41, 5.74) is 6.07. The van der Waals surface area contributed by atoms with Crippen molar-refractivity contribution in [3.63, 3.8) is 0 Å². The maximum absolute atomic E-state index is 4.88. The van der Waals surface area contributed by atoms with Crippen molar-refractivity contribution in [2.75, 3.05) is 26.2 Å². The molecule has 207 valence electrons. The van der Waals surface area contributed by atoms with E-state index >= 15 is 0 Å². The van der Waals surface area contributed by atoms with Crippen molar-refractivity contribution in [2.24, 2.45) is 20.0 Å². The Balaban J connectivity index is 0.00000110. The van der Waals surface area contributed by atoms with E-state index in [-0.39, 0.29) is 90.1 Å². The molecule has 5 heterocycles. The molecule has 0 N–H and O–H groups in total. The summed E-state index contributed by atoms with van der Waals surface area (Å²) in [6, 6.07) is 5.92. The molecule has 11 heteroatoms. The van der Waals surface area contributed by atoms with E-state index in [4.69, 9.17) is 25.0 Å². The van der Waals surface area contributed by atoms with Gasteiger partial charge in [0.15, 0.2) is 11.7 Å². The second kappa shape index (κ2) is 14.7. The summed E-state index contributed by atoms with van der Waals surface area (Å²) >= 11 is 0. The van der Waals surface area contributed by atoms with Crippen LogP contribution in [0.15, 0.2) is 86.0 Å². The summed E-state index contributed by atoms with van der Waals surface area (Å²) < 4.78 is 0. The molecular formula is C29H31Cl3N7Nd. The molecule has 7 rings (SSSR count). The first kappa shape index (κ1) is 33.1. The minimum absolute atomic E-state index is 0. The van der Waals surface area contributed by atoms with E-state index in [2.05, 4.69) is 46.3 Å². The summed E-state index contributed by atoms with van der Waals surface area (Å²) in [4.78, 5) is 29.3. The monoisotopic (exact) mass is 724 g/mol. The summed E-state index contributed by atoms with van der Waals surface area (Å²) in [6.45, 7) is 4.50. The molecule has 0 bridgehead atoms. The summed E-state index contributed by atoms with van der Waals surface area (Å²) in [6.07, 6.45) is 20.8. The quantitative estimate of drug-likeness (QED) is 0.313. The SMILES string of the molecule is C1=CC2N=C(c3cccc(C4=NC5C=CC(N6CCCCC6)=CC5=N4)n3)N=C2C=C1N1CCCCC1.[Cl-].[Cl-].[Cl-].[Nd+3]. The van der Waals surface area contributed by atoms with Gasteiger partial charge in [0.2, 0.25) is 0 Å². The maximum atomic E-state index is 4.88. The van der Waals surface area contributed by atoms with E-state index in [0.29, 0.717) is 11.7 Å². The molecule has 7 nitrogen and oxygen atoms in total. The smallest absolute Gasteiger partial charge is 1.00 e. The first-order valence-electron chi connectivity index (χ1n) is 13.4. The van der Waals surface area contributed by atoms with Gasteiger partial charge in [0, 0.05) is 37.6 Å². The van der Waals surface area contributed by atoms with E-state index in [0.717, 1.165) is 49.0 Å². The number of aliphatic imine (C=N–C) groups is 4. The second-order valence-electron chi connectivity index (χ2n) is 10.2. The van der Waals surface area contributed by atoms with Gasteiger partial charge in [-0.1, -0.05) is 18.2 Å². The minimum atomic E-state index is -0.0191. The third kappa shape index (κ3) is 6.80. The first-order valence-corrected chi connectivity index (χ1v) is 13.4. The third-order valence-corrected chi connectivity index (χ3v) is 7.74. The predicted molar refractivity (Wildman–Crippen MR) is 145 cm³/mol. The molecule has 2 atom stereocenters. The number of aromatic nitrogens is 1. The molecule has 0 amide bonds. The number of fused-ring (bicyclic) bond motifs is 2. The fraction of sp³-hybridized carbons (Fsp3) is 0.414. The normalized spacial score (nSPS) is 24.3. The molecule has 2 aliphatic carbocycles. The average molecular weight is 728 g/mol. The van der Waals surface area contributed by atoms with Gasteiger partial charge in [0.05, 0.1) is 11.4 Å². The van der Waals surface area contributed by atoms with Crippen LogP contribution in [0.25, 0.3) is 0 Å². The van der Waals surface area contributed by atoms with Crippen molar-refractivity contribution >= 4 is 23.1 Å². The molecule has 0 aromatic carbocycles. The van der Waals surface area contributed by atoms with Crippen molar-refractivity contribution in [3.8, 4) is 0 Å². The van der Waals surface area contributed by atoms with Crippen LogP contribution in [-0.4, -0.2) is 76.1 Å². The van der Waals surface area contributed by atoms with E-state index in [1.165, 1.54) is 49.9 Å². The minimum Gasteiger partial charge on any atom is -1.00 e. The van der Waals surface area contributed by atoms with Gasteiger partial charge < -0.3 is 47.0 Å². The Hall–Kier alpha value is -1.39. The number of nitrogens with zero attached hydrogens (tertiary/aromatic N) is 7. The van der Waals surface area contributed by atoms with Crippen LogP contribution in [0, 0.1) is 40.8 Å². The number of hydrogen-bond acceptors (Lipinski definition) is 7. The largest absolute Gasteiger partial charge is 3.00 e. The van der Waals surface area contributed by atoms with Crippen molar-refractivity contribution in [2.45, 2.75) is 50.6 Å². The zero-order chi connectivity index (χ0) is 23.9. The molecule has 1 aromatic heterocycles. The molecule has 0 spiro atoms. The topological polar surface area (TPSA) is 68.8 Å². The van der Waals surface area contributed by atoms with Crippen LogP contribution in [0.5, 0.6) is 0 Å². The Morgan fingerprint density at radius 3 is 1.45 bits per heavy atom. The van der Waals surface area contributed by atoms with Gasteiger partial charge >= 0.3 is 40.8 Å². The Labute approximate surface area is 287 Å². The van der Waals surface area contributed by atoms with Gasteiger partial charge in [-0.2, -0.15) is 0 Å². The van der Waals surface area contributed by atoms with Gasteiger partial charge in [-0.3, -0.25) is 9.98 Å². The molecule has 0 saturated carbocycles. The summed E-state index contributed by atoms with van der Waals surface area (Å²) in [7, 11) is 0. The van der Waals surface area contributed by atoms with E-state index in [1.54, 1.807) is 0 Å². The zero-order valence-electron chi connectivity index (χ0n) is 22.2. The average Bonchev–Trinajstić information content (AvgIpc) is 3.58. The molecule has 2 fully saturated rings. The molecule has 40 heavy (non-hydrogen) atoms. The van der Waals surface area contributed by atoms with Gasteiger partial charge in [-0.05, 0) is 75.0 Å². The Morgan fingerprint density at radius 2 is 1.02 bits per heavy atom. The van der Waals surface area contributed by atoms with Gasteiger partial charge in [-0.15, -0.1) is 0 Å². The van der Waals surface area contributed by atoms with Gasteiger partial charge in [0.25, 0.3) is 0 Å².